The van der Waals surface area contributed by atoms with E-state index >= 15 is 0 Å². The Morgan fingerprint density at radius 3 is 2.38 bits per heavy atom. The number of hydrogen-bond acceptors (Lipinski definition) is 3. The number of nitrogen functional groups attached to an aromatic ring is 1. The van der Waals surface area contributed by atoms with Crippen LogP contribution < -0.4 is 10.5 Å². The molecule has 1 aromatic carbocycles. The number of sulfonamides is 1. The van der Waals surface area contributed by atoms with Crippen LogP contribution in [-0.2, 0) is 10.0 Å². The zero-order valence-corrected chi connectivity index (χ0v) is 13.3. The molecule has 0 aliphatic heterocycles. The van der Waals surface area contributed by atoms with E-state index in [2.05, 4.69) is 4.72 Å². The summed E-state index contributed by atoms with van der Waals surface area (Å²) in [5, 5.41) is 0. The predicted molar refractivity (Wildman–Crippen MR) is 82.2 cm³/mol. The maximum absolute atomic E-state index is 12.8. The Balaban J connectivity index is 1.63. The van der Waals surface area contributed by atoms with Crippen LogP contribution in [0.5, 0.6) is 0 Å². The van der Waals surface area contributed by atoms with Gasteiger partial charge in [0.25, 0.3) is 0 Å². The highest BCUT2D eigenvalue weighted by atomic mass is 32.2. The van der Waals surface area contributed by atoms with Crippen LogP contribution in [0.3, 0.4) is 0 Å². The standard InChI is InChI=1S/C16H22N2O2S/c1-8-3-6-12(17)9(2)16(8)21(19,20)18-15-13-10-4-5-11(7-10)14(13)15/h3,6,10-11,13-15,18H,4-5,7,17H2,1-2H3. The molecule has 4 nitrogen and oxygen atoms in total. The van der Waals surface area contributed by atoms with Gasteiger partial charge in [-0.05, 0) is 74.0 Å². The Kier molecular flexibility index (Phi) is 2.74. The predicted octanol–water partition coefficient (Wildman–Crippen LogP) is 2.21. The fourth-order valence-corrected chi connectivity index (χ4v) is 6.78. The van der Waals surface area contributed by atoms with E-state index in [1.54, 1.807) is 19.1 Å². The van der Waals surface area contributed by atoms with E-state index in [-0.39, 0.29) is 6.04 Å². The molecule has 1 aromatic rings. The molecule has 3 aliphatic rings. The summed E-state index contributed by atoms with van der Waals surface area (Å²) >= 11 is 0. The summed E-state index contributed by atoms with van der Waals surface area (Å²) in [5.74, 6) is 2.71. The number of anilines is 1. The Hall–Kier alpha value is -1.07. The Bertz CT molecular complexity index is 697. The van der Waals surface area contributed by atoms with Crippen molar-refractivity contribution in [1.29, 1.82) is 0 Å². The quantitative estimate of drug-likeness (QED) is 0.841. The van der Waals surface area contributed by atoms with E-state index in [4.69, 9.17) is 5.73 Å². The minimum absolute atomic E-state index is 0.168. The van der Waals surface area contributed by atoms with Crippen molar-refractivity contribution in [3.8, 4) is 0 Å². The van der Waals surface area contributed by atoms with Crippen LogP contribution in [-0.4, -0.2) is 14.5 Å². The van der Waals surface area contributed by atoms with Gasteiger partial charge in [0.15, 0.2) is 0 Å². The van der Waals surface area contributed by atoms with E-state index in [9.17, 15) is 8.42 Å². The molecule has 3 N–H and O–H groups in total. The molecule has 4 unspecified atom stereocenters. The van der Waals surface area contributed by atoms with Gasteiger partial charge in [0.2, 0.25) is 10.0 Å². The molecule has 114 valence electrons. The second kappa shape index (κ2) is 4.23. The van der Waals surface area contributed by atoms with Crippen molar-refractivity contribution >= 4 is 15.7 Å². The number of fused-ring (bicyclic) bond motifs is 5. The second-order valence-corrected chi connectivity index (χ2v) is 8.71. The number of rotatable bonds is 3. The molecule has 3 saturated carbocycles. The number of nitrogens with one attached hydrogen (secondary N) is 1. The molecule has 3 aliphatic carbocycles. The van der Waals surface area contributed by atoms with Crippen LogP contribution in [0.1, 0.15) is 30.4 Å². The van der Waals surface area contributed by atoms with Gasteiger partial charge in [0.1, 0.15) is 0 Å². The average molecular weight is 306 g/mol. The minimum atomic E-state index is -3.47. The molecule has 0 amide bonds. The van der Waals surface area contributed by atoms with Crippen molar-refractivity contribution in [2.45, 2.75) is 44.0 Å². The van der Waals surface area contributed by atoms with Crippen molar-refractivity contribution in [2.24, 2.45) is 23.7 Å². The molecule has 0 radical (unpaired) electrons. The Morgan fingerprint density at radius 2 is 1.76 bits per heavy atom. The highest BCUT2D eigenvalue weighted by Crippen LogP contribution is 2.65. The zero-order valence-electron chi connectivity index (χ0n) is 12.5. The maximum atomic E-state index is 12.8. The normalized spacial score (nSPS) is 36.8. The van der Waals surface area contributed by atoms with Crippen LogP contribution in [0.15, 0.2) is 17.0 Å². The number of aryl methyl sites for hydroxylation is 1. The second-order valence-electron chi connectivity index (χ2n) is 7.06. The first kappa shape index (κ1) is 13.6. The van der Waals surface area contributed by atoms with Gasteiger partial charge in [-0.1, -0.05) is 6.07 Å². The molecule has 0 heterocycles. The molecule has 0 saturated heterocycles. The molecule has 2 bridgehead atoms. The van der Waals surface area contributed by atoms with Crippen LogP contribution in [0.25, 0.3) is 0 Å². The van der Waals surface area contributed by atoms with Crippen molar-refractivity contribution < 1.29 is 8.42 Å². The van der Waals surface area contributed by atoms with Crippen LogP contribution in [0.4, 0.5) is 5.69 Å². The Morgan fingerprint density at radius 1 is 1.14 bits per heavy atom. The summed E-state index contributed by atoms with van der Waals surface area (Å²) in [4.78, 5) is 0.375. The SMILES string of the molecule is Cc1ccc(N)c(C)c1S(=O)(=O)NC1C2C3CCC(C3)C12. The third-order valence-electron chi connectivity index (χ3n) is 5.94. The van der Waals surface area contributed by atoms with Crippen LogP contribution in [0.2, 0.25) is 0 Å². The third kappa shape index (κ3) is 1.87. The molecule has 0 spiro atoms. The maximum Gasteiger partial charge on any atom is 0.241 e. The van der Waals surface area contributed by atoms with Gasteiger partial charge in [0, 0.05) is 11.7 Å². The van der Waals surface area contributed by atoms with Crippen LogP contribution in [0, 0.1) is 37.5 Å². The first-order valence-electron chi connectivity index (χ1n) is 7.78. The lowest BCUT2D eigenvalue weighted by molar-refractivity contribution is 0.456. The van der Waals surface area contributed by atoms with Gasteiger partial charge in [-0.2, -0.15) is 0 Å². The summed E-state index contributed by atoms with van der Waals surface area (Å²) in [7, 11) is -3.47. The molecule has 21 heavy (non-hydrogen) atoms. The number of benzene rings is 1. The molecule has 5 heteroatoms. The zero-order chi connectivity index (χ0) is 14.9. The molecule has 3 fully saturated rings. The fraction of sp³-hybridized carbons (Fsp3) is 0.625. The first-order valence-corrected chi connectivity index (χ1v) is 9.26. The molecule has 0 aromatic heterocycles. The first-order chi connectivity index (χ1) is 9.90. The van der Waals surface area contributed by atoms with Gasteiger partial charge >= 0.3 is 0 Å². The van der Waals surface area contributed by atoms with Crippen molar-refractivity contribution in [3.05, 3.63) is 23.3 Å². The van der Waals surface area contributed by atoms with E-state index in [0.717, 1.165) is 17.4 Å². The van der Waals surface area contributed by atoms with Crippen molar-refractivity contribution in [1.82, 2.24) is 4.72 Å². The smallest absolute Gasteiger partial charge is 0.241 e. The summed E-state index contributed by atoms with van der Waals surface area (Å²) < 4.78 is 28.5. The van der Waals surface area contributed by atoms with Crippen LogP contribution >= 0.6 is 0 Å². The minimum Gasteiger partial charge on any atom is -0.398 e. The van der Waals surface area contributed by atoms with Gasteiger partial charge in [-0.15, -0.1) is 0 Å². The number of hydrogen-bond donors (Lipinski definition) is 2. The summed E-state index contributed by atoms with van der Waals surface area (Å²) in [6.45, 7) is 3.62. The van der Waals surface area contributed by atoms with E-state index in [1.165, 1.54) is 19.3 Å². The summed E-state index contributed by atoms with van der Waals surface area (Å²) in [6.07, 6.45) is 3.91. The molecule has 4 rings (SSSR count). The molecular weight excluding hydrogens is 284 g/mol. The van der Waals surface area contributed by atoms with Gasteiger partial charge in [-0.25, -0.2) is 13.1 Å². The van der Waals surface area contributed by atoms with E-state index in [0.29, 0.717) is 28.0 Å². The van der Waals surface area contributed by atoms with Gasteiger partial charge < -0.3 is 5.73 Å². The fourth-order valence-electron chi connectivity index (χ4n) is 4.98. The average Bonchev–Trinajstić information content (AvgIpc) is 2.83. The third-order valence-corrected chi connectivity index (χ3v) is 7.69. The Labute approximate surface area is 126 Å². The lowest BCUT2D eigenvalue weighted by Crippen LogP contribution is -2.31. The lowest BCUT2D eigenvalue weighted by Gasteiger charge is -2.15. The highest BCUT2D eigenvalue weighted by molar-refractivity contribution is 7.89. The molecule has 4 atom stereocenters. The van der Waals surface area contributed by atoms with E-state index in [1.807, 2.05) is 6.92 Å². The monoisotopic (exact) mass is 306 g/mol. The summed E-state index contributed by atoms with van der Waals surface area (Å²) in [6, 6.07) is 3.73. The van der Waals surface area contributed by atoms with Crippen molar-refractivity contribution in [2.75, 3.05) is 5.73 Å². The largest absolute Gasteiger partial charge is 0.398 e. The summed E-state index contributed by atoms with van der Waals surface area (Å²) in [5.41, 5.74) is 7.86. The topological polar surface area (TPSA) is 72.2 Å². The van der Waals surface area contributed by atoms with Gasteiger partial charge in [-0.3, -0.25) is 0 Å². The van der Waals surface area contributed by atoms with E-state index < -0.39 is 10.0 Å². The van der Waals surface area contributed by atoms with Gasteiger partial charge in [0.05, 0.1) is 4.90 Å². The highest BCUT2D eigenvalue weighted by Gasteiger charge is 2.65. The molecular formula is C16H22N2O2S. The number of nitrogens with two attached hydrogens (primary N) is 1. The van der Waals surface area contributed by atoms with Crippen molar-refractivity contribution in [3.63, 3.8) is 0 Å². The lowest BCUT2D eigenvalue weighted by atomic mass is 10.0.